The molecular formula is C10H16BrN3O2. The first-order valence-electron chi connectivity index (χ1n) is 5.04. The Morgan fingerprint density at radius 1 is 1.62 bits per heavy atom. The van der Waals surface area contributed by atoms with Gasteiger partial charge in [-0.25, -0.2) is 0 Å². The molecule has 6 heteroatoms. The maximum atomic E-state index is 11.7. The van der Waals surface area contributed by atoms with E-state index in [2.05, 4.69) is 26.3 Å². The van der Waals surface area contributed by atoms with Crippen LogP contribution in [0.2, 0.25) is 0 Å². The molecule has 0 radical (unpaired) electrons. The number of nitrogens with zero attached hydrogens (tertiary/aromatic N) is 2. The van der Waals surface area contributed by atoms with E-state index in [1.807, 2.05) is 14.0 Å². The third kappa shape index (κ3) is 3.05. The van der Waals surface area contributed by atoms with Gasteiger partial charge in [-0.2, -0.15) is 5.10 Å². The Morgan fingerprint density at radius 2 is 2.31 bits per heavy atom. The fraction of sp³-hybridized carbons (Fsp3) is 0.600. The average Bonchev–Trinajstić information content (AvgIpc) is 2.52. The third-order valence-electron chi connectivity index (χ3n) is 2.29. The SMILES string of the molecule is COCCCNC(=O)c1nn(C)c(C)c1Br. The lowest BCUT2D eigenvalue weighted by atomic mass is 10.3. The lowest BCUT2D eigenvalue weighted by Crippen LogP contribution is -2.26. The number of halogens is 1. The lowest BCUT2D eigenvalue weighted by Gasteiger charge is -2.02. The fourth-order valence-electron chi connectivity index (χ4n) is 1.23. The zero-order valence-corrected chi connectivity index (χ0v) is 11.3. The maximum absolute atomic E-state index is 11.7. The number of hydrogen-bond acceptors (Lipinski definition) is 3. The van der Waals surface area contributed by atoms with E-state index in [9.17, 15) is 4.79 Å². The van der Waals surface area contributed by atoms with Crippen molar-refractivity contribution in [1.29, 1.82) is 0 Å². The summed E-state index contributed by atoms with van der Waals surface area (Å²) >= 11 is 3.36. The zero-order chi connectivity index (χ0) is 12.1. The van der Waals surface area contributed by atoms with Gasteiger partial charge in [0.25, 0.3) is 5.91 Å². The Balaban J connectivity index is 2.56. The van der Waals surface area contributed by atoms with Gasteiger partial charge in [0, 0.05) is 27.3 Å². The average molecular weight is 290 g/mol. The van der Waals surface area contributed by atoms with E-state index in [0.717, 1.165) is 16.6 Å². The minimum Gasteiger partial charge on any atom is -0.385 e. The molecule has 0 fully saturated rings. The molecule has 0 aliphatic rings. The van der Waals surface area contributed by atoms with E-state index in [-0.39, 0.29) is 5.91 Å². The van der Waals surface area contributed by atoms with Gasteiger partial charge in [-0.1, -0.05) is 0 Å². The molecule has 1 aromatic rings. The van der Waals surface area contributed by atoms with Crippen molar-refractivity contribution in [3.8, 4) is 0 Å². The van der Waals surface area contributed by atoms with Gasteiger partial charge >= 0.3 is 0 Å². The molecule has 0 atom stereocenters. The number of carbonyl (C=O) groups is 1. The van der Waals surface area contributed by atoms with E-state index >= 15 is 0 Å². The molecule has 0 aliphatic heterocycles. The topological polar surface area (TPSA) is 56.1 Å². The van der Waals surface area contributed by atoms with Gasteiger partial charge < -0.3 is 10.1 Å². The van der Waals surface area contributed by atoms with Gasteiger partial charge in [-0.05, 0) is 29.3 Å². The highest BCUT2D eigenvalue weighted by Gasteiger charge is 2.16. The maximum Gasteiger partial charge on any atom is 0.272 e. The highest BCUT2D eigenvalue weighted by Crippen LogP contribution is 2.19. The molecule has 16 heavy (non-hydrogen) atoms. The lowest BCUT2D eigenvalue weighted by molar-refractivity contribution is 0.0942. The number of amides is 1. The van der Waals surface area contributed by atoms with Crippen LogP contribution in [0, 0.1) is 6.92 Å². The molecule has 5 nitrogen and oxygen atoms in total. The highest BCUT2D eigenvalue weighted by molar-refractivity contribution is 9.10. The largest absolute Gasteiger partial charge is 0.385 e. The van der Waals surface area contributed by atoms with Crippen LogP contribution in [0.5, 0.6) is 0 Å². The van der Waals surface area contributed by atoms with Crippen molar-refractivity contribution in [1.82, 2.24) is 15.1 Å². The van der Waals surface area contributed by atoms with Crippen molar-refractivity contribution < 1.29 is 9.53 Å². The number of methoxy groups -OCH3 is 1. The van der Waals surface area contributed by atoms with E-state index in [1.54, 1.807) is 11.8 Å². The number of hydrogen-bond donors (Lipinski definition) is 1. The molecule has 0 bridgehead atoms. The molecule has 90 valence electrons. The molecule has 1 heterocycles. The number of rotatable bonds is 5. The zero-order valence-electron chi connectivity index (χ0n) is 9.71. The molecule has 0 aliphatic carbocycles. The summed E-state index contributed by atoms with van der Waals surface area (Å²) in [6, 6.07) is 0. The summed E-state index contributed by atoms with van der Waals surface area (Å²) in [5.74, 6) is -0.160. The van der Waals surface area contributed by atoms with Gasteiger partial charge in [0.1, 0.15) is 0 Å². The second-order valence-corrected chi connectivity index (χ2v) is 4.27. The van der Waals surface area contributed by atoms with Crippen LogP contribution in [0.25, 0.3) is 0 Å². The van der Waals surface area contributed by atoms with Crippen LogP contribution in [0.1, 0.15) is 22.6 Å². The van der Waals surface area contributed by atoms with Gasteiger partial charge in [0.05, 0.1) is 10.2 Å². The van der Waals surface area contributed by atoms with Crippen molar-refractivity contribution in [3.63, 3.8) is 0 Å². The van der Waals surface area contributed by atoms with Crippen LogP contribution in [-0.2, 0) is 11.8 Å². The normalized spacial score (nSPS) is 10.5. The summed E-state index contributed by atoms with van der Waals surface area (Å²) in [5, 5.41) is 6.93. The van der Waals surface area contributed by atoms with Crippen LogP contribution in [0.4, 0.5) is 0 Å². The smallest absolute Gasteiger partial charge is 0.272 e. The van der Waals surface area contributed by atoms with E-state index in [1.165, 1.54) is 0 Å². The first-order valence-corrected chi connectivity index (χ1v) is 5.83. The van der Waals surface area contributed by atoms with Crippen LogP contribution in [0.3, 0.4) is 0 Å². The van der Waals surface area contributed by atoms with Gasteiger partial charge in [-0.15, -0.1) is 0 Å². The monoisotopic (exact) mass is 289 g/mol. The summed E-state index contributed by atoms with van der Waals surface area (Å²) in [6.45, 7) is 3.14. The Hall–Kier alpha value is -0.880. The summed E-state index contributed by atoms with van der Waals surface area (Å²) < 4.78 is 7.32. The molecule has 1 N–H and O–H groups in total. The summed E-state index contributed by atoms with van der Waals surface area (Å²) in [4.78, 5) is 11.7. The van der Waals surface area contributed by atoms with Crippen molar-refractivity contribution in [2.24, 2.45) is 7.05 Å². The number of nitrogens with one attached hydrogen (secondary N) is 1. The standard InChI is InChI=1S/C10H16BrN3O2/c1-7-8(11)9(13-14(7)2)10(15)12-5-4-6-16-3/h4-6H2,1-3H3,(H,12,15). The molecule has 0 spiro atoms. The molecule has 1 rings (SSSR count). The van der Waals surface area contributed by atoms with Crippen LogP contribution < -0.4 is 5.32 Å². The second kappa shape index (κ2) is 6.00. The van der Waals surface area contributed by atoms with Crippen molar-refractivity contribution in [2.45, 2.75) is 13.3 Å². The summed E-state index contributed by atoms with van der Waals surface area (Å²) in [6.07, 6.45) is 0.797. The highest BCUT2D eigenvalue weighted by atomic mass is 79.9. The predicted molar refractivity (Wildman–Crippen MR) is 64.5 cm³/mol. The van der Waals surface area contributed by atoms with Crippen LogP contribution in [-0.4, -0.2) is 35.9 Å². The molecule has 1 amide bonds. The van der Waals surface area contributed by atoms with Crippen molar-refractivity contribution >= 4 is 21.8 Å². The Kier molecular flexibility index (Phi) is 4.95. The summed E-state index contributed by atoms with van der Waals surface area (Å²) in [7, 11) is 3.45. The molecule has 0 saturated carbocycles. The molecular weight excluding hydrogens is 274 g/mol. The molecule has 0 aromatic carbocycles. The van der Waals surface area contributed by atoms with Gasteiger partial charge in [-0.3, -0.25) is 9.48 Å². The second-order valence-electron chi connectivity index (χ2n) is 3.47. The molecule has 1 aromatic heterocycles. The first-order chi connectivity index (χ1) is 7.57. The predicted octanol–water partition coefficient (Wildman–Crippen LogP) is 1.26. The minimum atomic E-state index is -0.160. The van der Waals surface area contributed by atoms with Gasteiger partial charge in [0.15, 0.2) is 5.69 Å². The first kappa shape index (κ1) is 13.2. The van der Waals surface area contributed by atoms with E-state index in [0.29, 0.717) is 18.8 Å². The Morgan fingerprint density at radius 3 is 2.81 bits per heavy atom. The fourth-order valence-corrected chi connectivity index (χ4v) is 1.75. The van der Waals surface area contributed by atoms with Gasteiger partial charge in [0.2, 0.25) is 0 Å². The number of ether oxygens (including phenoxy) is 1. The van der Waals surface area contributed by atoms with Crippen molar-refractivity contribution in [3.05, 3.63) is 15.9 Å². The number of carbonyl (C=O) groups excluding carboxylic acids is 1. The van der Waals surface area contributed by atoms with E-state index in [4.69, 9.17) is 4.74 Å². The number of aromatic nitrogens is 2. The number of aryl methyl sites for hydroxylation is 1. The van der Waals surface area contributed by atoms with Crippen LogP contribution >= 0.6 is 15.9 Å². The Labute approximate surface area is 103 Å². The van der Waals surface area contributed by atoms with Crippen molar-refractivity contribution in [2.75, 3.05) is 20.3 Å². The molecule has 0 unspecified atom stereocenters. The Bertz CT molecular complexity index is 376. The van der Waals surface area contributed by atoms with Crippen LogP contribution in [0.15, 0.2) is 4.47 Å². The van der Waals surface area contributed by atoms with E-state index < -0.39 is 0 Å². The molecule has 0 saturated heterocycles. The minimum absolute atomic E-state index is 0.160. The third-order valence-corrected chi connectivity index (χ3v) is 3.24. The quantitative estimate of drug-likeness (QED) is 0.831. The summed E-state index contributed by atoms with van der Waals surface area (Å²) in [5.41, 5.74) is 1.36.